The summed E-state index contributed by atoms with van der Waals surface area (Å²) in [6, 6.07) is 13.5. The number of nitrogens with one attached hydrogen (secondary N) is 1. The van der Waals surface area contributed by atoms with Crippen molar-refractivity contribution in [2.75, 3.05) is 11.9 Å². The molecule has 5 heteroatoms. The van der Waals surface area contributed by atoms with Crippen LogP contribution in [0.25, 0.3) is 10.8 Å². The summed E-state index contributed by atoms with van der Waals surface area (Å²) in [4.78, 5) is 27.0. The number of ether oxygens (including phenoxy) is 1. The second-order valence-electron chi connectivity index (χ2n) is 7.03. The maximum absolute atomic E-state index is 13.1. The minimum absolute atomic E-state index is 0.195. The zero-order chi connectivity index (χ0) is 19.5. The number of rotatable bonds is 5. The molecule has 0 fully saturated rings. The molecule has 1 N–H and O–H groups in total. The second-order valence-corrected chi connectivity index (χ2v) is 8.14. The molecular weight excluding hydrogens is 370 g/mol. The number of fused-ring (bicyclic) bond motifs is 2. The molecule has 0 atom stereocenters. The lowest BCUT2D eigenvalue weighted by Crippen LogP contribution is -2.16. The minimum Gasteiger partial charge on any atom is -0.462 e. The first-order valence-electron chi connectivity index (χ1n) is 9.79. The van der Waals surface area contributed by atoms with Crippen molar-refractivity contribution >= 4 is 39.0 Å². The smallest absolute Gasteiger partial charge is 0.341 e. The first kappa shape index (κ1) is 18.7. The van der Waals surface area contributed by atoms with E-state index in [1.54, 1.807) is 0 Å². The average Bonchev–Trinajstić information content (AvgIpc) is 3.09. The molecule has 0 unspecified atom stereocenters. The second kappa shape index (κ2) is 8.15. The van der Waals surface area contributed by atoms with E-state index in [2.05, 4.69) is 5.32 Å². The van der Waals surface area contributed by atoms with Gasteiger partial charge in [-0.05, 0) is 54.5 Å². The van der Waals surface area contributed by atoms with Gasteiger partial charge in [0.25, 0.3) is 5.91 Å². The predicted molar refractivity (Wildman–Crippen MR) is 113 cm³/mol. The van der Waals surface area contributed by atoms with E-state index in [9.17, 15) is 9.59 Å². The number of benzene rings is 2. The normalized spacial score (nSPS) is 13.2. The summed E-state index contributed by atoms with van der Waals surface area (Å²) in [7, 11) is 0. The summed E-state index contributed by atoms with van der Waals surface area (Å²) >= 11 is 1.52. The number of carbonyl (C=O) groups excluding carboxylic acids is 2. The number of aryl methyl sites for hydroxylation is 1. The van der Waals surface area contributed by atoms with Gasteiger partial charge >= 0.3 is 5.97 Å². The van der Waals surface area contributed by atoms with Crippen molar-refractivity contribution in [3.63, 3.8) is 0 Å². The Labute approximate surface area is 168 Å². The van der Waals surface area contributed by atoms with Crippen LogP contribution in [0, 0.1) is 0 Å². The number of amides is 1. The van der Waals surface area contributed by atoms with Gasteiger partial charge in [-0.1, -0.05) is 43.3 Å². The Bertz CT molecular complexity index is 1030. The summed E-state index contributed by atoms with van der Waals surface area (Å²) in [5, 5.41) is 5.55. The Hall–Kier alpha value is -2.66. The topological polar surface area (TPSA) is 55.4 Å². The highest BCUT2D eigenvalue weighted by Crippen LogP contribution is 2.39. The van der Waals surface area contributed by atoms with Crippen LogP contribution in [0.2, 0.25) is 0 Å². The molecule has 4 nitrogen and oxygen atoms in total. The van der Waals surface area contributed by atoms with Crippen LogP contribution >= 0.6 is 11.3 Å². The fraction of sp³-hybridized carbons (Fsp3) is 0.304. The average molecular weight is 394 g/mol. The van der Waals surface area contributed by atoms with Crippen LogP contribution in [0.15, 0.2) is 42.5 Å². The van der Waals surface area contributed by atoms with Gasteiger partial charge in [0.1, 0.15) is 5.00 Å². The maximum Gasteiger partial charge on any atom is 0.341 e. The molecule has 0 saturated heterocycles. The van der Waals surface area contributed by atoms with E-state index < -0.39 is 0 Å². The lowest BCUT2D eigenvalue weighted by molar-refractivity contribution is 0.0505. The van der Waals surface area contributed by atoms with E-state index in [4.69, 9.17) is 4.74 Å². The van der Waals surface area contributed by atoms with E-state index in [0.29, 0.717) is 22.7 Å². The molecule has 144 valence electrons. The van der Waals surface area contributed by atoms with E-state index in [1.165, 1.54) is 16.2 Å². The molecule has 0 saturated carbocycles. The quantitative estimate of drug-likeness (QED) is 0.574. The van der Waals surface area contributed by atoms with Crippen molar-refractivity contribution < 1.29 is 14.3 Å². The Balaban J connectivity index is 1.70. The first-order valence-corrected chi connectivity index (χ1v) is 10.6. The molecule has 1 aromatic heterocycles. The summed E-state index contributed by atoms with van der Waals surface area (Å²) < 4.78 is 5.42. The molecule has 1 amide bonds. The van der Waals surface area contributed by atoms with Crippen LogP contribution in [0.4, 0.5) is 5.00 Å². The third-order valence-corrected chi connectivity index (χ3v) is 6.28. The van der Waals surface area contributed by atoms with E-state index in [1.807, 2.05) is 49.4 Å². The first-order chi connectivity index (χ1) is 13.7. The molecular formula is C23H23NO3S. The van der Waals surface area contributed by atoms with Crippen molar-refractivity contribution in [3.8, 4) is 0 Å². The molecule has 0 spiro atoms. The highest BCUT2D eigenvalue weighted by atomic mass is 32.1. The molecule has 2 aromatic carbocycles. The molecule has 3 aromatic rings. The van der Waals surface area contributed by atoms with Crippen LogP contribution in [-0.4, -0.2) is 18.5 Å². The van der Waals surface area contributed by atoms with Crippen molar-refractivity contribution in [1.29, 1.82) is 0 Å². The lowest BCUT2D eigenvalue weighted by atomic mass is 9.95. The Morgan fingerprint density at radius 1 is 1.07 bits per heavy atom. The SMILES string of the molecule is CCCOC(=O)c1c(NC(=O)c2cccc3ccccc23)sc2c1CCCC2. The summed E-state index contributed by atoms with van der Waals surface area (Å²) in [6.07, 6.45) is 4.78. The number of esters is 1. The zero-order valence-corrected chi connectivity index (χ0v) is 16.7. The van der Waals surface area contributed by atoms with Crippen LogP contribution in [0.5, 0.6) is 0 Å². The van der Waals surface area contributed by atoms with Gasteiger partial charge in [0, 0.05) is 10.4 Å². The van der Waals surface area contributed by atoms with Gasteiger partial charge in [0.15, 0.2) is 0 Å². The Morgan fingerprint density at radius 3 is 2.71 bits per heavy atom. The number of anilines is 1. The van der Waals surface area contributed by atoms with Crippen LogP contribution in [-0.2, 0) is 17.6 Å². The highest BCUT2D eigenvalue weighted by Gasteiger charge is 2.27. The lowest BCUT2D eigenvalue weighted by Gasteiger charge is -2.13. The third kappa shape index (κ3) is 3.54. The van der Waals surface area contributed by atoms with Gasteiger partial charge in [-0.2, -0.15) is 0 Å². The predicted octanol–water partition coefficient (Wildman–Crippen LogP) is 5.60. The number of hydrogen-bond acceptors (Lipinski definition) is 4. The molecule has 1 aliphatic rings. The van der Waals surface area contributed by atoms with Crippen molar-refractivity contribution in [3.05, 3.63) is 64.0 Å². The largest absolute Gasteiger partial charge is 0.462 e. The summed E-state index contributed by atoms with van der Waals surface area (Å²) in [5.41, 5.74) is 2.23. The molecule has 0 bridgehead atoms. The van der Waals surface area contributed by atoms with Gasteiger partial charge in [0.2, 0.25) is 0 Å². The zero-order valence-electron chi connectivity index (χ0n) is 15.9. The van der Waals surface area contributed by atoms with Gasteiger partial charge in [-0.25, -0.2) is 4.79 Å². The van der Waals surface area contributed by atoms with Gasteiger partial charge in [-0.15, -0.1) is 11.3 Å². The van der Waals surface area contributed by atoms with Crippen molar-refractivity contribution in [2.45, 2.75) is 39.0 Å². The Morgan fingerprint density at radius 2 is 1.86 bits per heavy atom. The summed E-state index contributed by atoms with van der Waals surface area (Å²) in [6.45, 7) is 2.36. The summed E-state index contributed by atoms with van der Waals surface area (Å²) in [5.74, 6) is -0.519. The van der Waals surface area contributed by atoms with Crippen LogP contribution < -0.4 is 5.32 Å². The van der Waals surface area contributed by atoms with Crippen molar-refractivity contribution in [1.82, 2.24) is 0 Å². The van der Waals surface area contributed by atoms with Crippen LogP contribution in [0.3, 0.4) is 0 Å². The number of carbonyl (C=O) groups is 2. The molecule has 0 aliphatic heterocycles. The minimum atomic E-state index is -0.325. The van der Waals surface area contributed by atoms with Crippen molar-refractivity contribution in [2.24, 2.45) is 0 Å². The maximum atomic E-state index is 13.1. The fourth-order valence-electron chi connectivity index (χ4n) is 3.73. The van der Waals surface area contributed by atoms with E-state index >= 15 is 0 Å². The molecule has 1 heterocycles. The molecule has 4 rings (SSSR count). The van der Waals surface area contributed by atoms with Gasteiger partial charge in [0.05, 0.1) is 12.2 Å². The molecule has 0 radical (unpaired) electrons. The van der Waals surface area contributed by atoms with Crippen LogP contribution in [0.1, 0.15) is 57.3 Å². The highest BCUT2D eigenvalue weighted by molar-refractivity contribution is 7.17. The number of thiophene rings is 1. The Kier molecular flexibility index (Phi) is 5.44. The molecule has 1 aliphatic carbocycles. The van der Waals surface area contributed by atoms with Gasteiger partial charge in [-0.3, -0.25) is 4.79 Å². The van der Waals surface area contributed by atoms with E-state index in [0.717, 1.165) is 48.4 Å². The van der Waals surface area contributed by atoms with E-state index in [-0.39, 0.29) is 11.9 Å². The standard InChI is InChI=1S/C23H23NO3S/c1-2-14-27-23(26)20-18-11-5-6-13-19(18)28-22(20)24-21(25)17-12-7-9-15-8-3-4-10-16(15)17/h3-4,7-10,12H,2,5-6,11,13-14H2,1H3,(H,24,25). The monoisotopic (exact) mass is 393 g/mol. The molecule has 28 heavy (non-hydrogen) atoms. The fourth-order valence-corrected chi connectivity index (χ4v) is 5.00. The number of hydrogen-bond donors (Lipinski definition) is 1. The third-order valence-electron chi connectivity index (χ3n) is 5.07. The van der Waals surface area contributed by atoms with Gasteiger partial charge < -0.3 is 10.1 Å².